The third kappa shape index (κ3) is 2.51. The summed E-state index contributed by atoms with van der Waals surface area (Å²) in [6, 6.07) is 10.7. The monoisotopic (exact) mass is 299 g/mol. The summed E-state index contributed by atoms with van der Waals surface area (Å²) in [5.41, 5.74) is 3.82. The number of hydrogen-bond donors (Lipinski definition) is 0. The Morgan fingerprint density at radius 1 is 1.24 bits per heavy atom. The van der Waals surface area contributed by atoms with E-state index in [1.54, 1.807) is 0 Å². The zero-order chi connectivity index (χ0) is 15.0. The van der Waals surface area contributed by atoms with E-state index in [-0.39, 0.29) is 17.9 Å². The van der Waals surface area contributed by atoms with Crippen LogP contribution in [0.3, 0.4) is 0 Å². The van der Waals surface area contributed by atoms with Gasteiger partial charge < -0.3 is 4.90 Å². The van der Waals surface area contributed by atoms with Gasteiger partial charge in [-0.25, -0.2) is 0 Å². The number of carbonyl (C=O) groups is 1. The molecule has 1 atom stereocenters. The summed E-state index contributed by atoms with van der Waals surface area (Å²) < 4.78 is 0. The highest BCUT2D eigenvalue weighted by molar-refractivity contribution is 7.10. The van der Waals surface area contributed by atoms with Crippen molar-refractivity contribution in [3.8, 4) is 0 Å². The third-order valence-corrected chi connectivity index (χ3v) is 5.22. The SMILES string of the molecule is Cc1ccccc1C1c2ccsc2CCN1C(=O)C(C)C. The minimum Gasteiger partial charge on any atom is -0.331 e. The van der Waals surface area contributed by atoms with Gasteiger partial charge in [0.1, 0.15) is 0 Å². The van der Waals surface area contributed by atoms with Crippen LogP contribution < -0.4 is 0 Å². The lowest BCUT2D eigenvalue weighted by molar-refractivity contribution is -0.136. The largest absolute Gasteiger partial charge is 0.331 e. The van der Waals surface area contributed by atoms with E-state index in [4.69, 9.17) is 0 Å². The predicted octanol–water partition coefficient (Wildman–Crippen LogP) is 4.19. The molecule has 1 aromatic carbocycles. The smallest absolute Gasteiger partial charge is 0.225 e. The zero-order valence-electron chi connectivity index (χ0n) is 12.8. The van der Waals surface area contributed by atoms with Gasteiger partial charge in [-0.3, -0.25) is 4.79 Å². The molecular formula is C18H21NOS. The highest BCUT2D eigenvalue weighted by Crippen LogP contribution is 2.39. The van der Waals surface area contributed by atoms with Gasteiger partial charge in [0.15, 0.2) is 0 Å². The number of thiophene rings is 1. The van der Waals surface area contributed by atoms with E-state index in [9.17, 15) is 4.79 Å². The third-order valence-electron chi connectivity index (χ3n) is 4.23. The van der Waals surface area contributed by atoms with Crippen molar-refractivity contribution in [3.63, 3.8) is 0 Å². The summed E-state index contributed by atoms with van der Waals surface area (Å²) in [5, 5.41) is 2.15. The number of rotatable bonds is 2. The van der Waals surface area contributed by atoms with Gasteiger partial charge in [-0.2, -0.15) is 0 Å². The van der Waals surface area contributed by atoms with Crippen molar-refractivity contribution < 1.29 is 4.79 Å². The van der Waals surface area contributed by atoms with Gasteiger partial charge in [-0.05, 0) is 41.5 Å². The number of aryl methyl sites for hydroxylation is 1. The predicted molar refractivity (Wildman–Crippen MR) is 87.6 cm³/mol. The Hall–Kier alpha value is -1.61. The molecule has 21 heavy (non-hydrogen) atoms. The second kappa shape index (κ2) is 5.64. The van der Waals surface area contributed by atoms with Gasteiger partial charge >= 0.3 is 0 Å². The molecule has 1 unspecified atom stereocenters. The molecule has 1 amide bonds. The minimum absolute atomic E-state index is 0.0386. The Balaban J connectivity index is 2.11. The van der Waals surface area contributed by atoms with Gasteiger partial charge in [-0.15, -0.1) is 11.3 Å². The fraction of sp³-hybridized carbons (Fsp3) is 0.389. The molecule has 2 heterocycles. The Labute approximate surface area is 130 Å². The van der Waals surface area contributed by atoms with Crippen LogP contribution in [0.5, 0.6) is 0 Å². The van der Waals surface area contributed by atoms with E-state index in [0.29, 0.717) is 0 Å². The molecule has 0 radical (unpaired) electrons. The van der Waals surface area contributed by atoms with Crippen LogP contribution >= 0.6 is 11.3 Å². The maximum atomic E-state index is 12.7. The first kappa shape index (κ1) is 14.3. The minimum atomic E-state index is 0.0386. The van der Waals surface area contributed by atoms with Crippen molar-refractivity contribution in [3.05, 3.63) is 57.3 Å². The van der Waals surface area contributed by atoms with Crippen LogP contribution in [0.15, 0.2) is 35.7 Å². The van der Waals surface area contributed by atoms with Gasteiger partial charge in [0.05, 0.1) is 6.04 Å². The first-order valence-electron chi connectivity index (χ1n) is 7.52. The Morgan fingerprint density at radius 3 is 2.71 bits per heavy atom. The van der Waals surface area contributed by atoms with Crippen molar-refractivity contribution in [2.45, 2.75) is 33.2 Å². The molecule has 0 fully saturated rings. The lowest BCUT2D eigenvalue weighted by atomic mass is 9.90. The lowest BCUT2D eigenvalue weighted by Crippen LogP contribution is -2.42. The number of amides is 1. The molecule has 0 aliphatic carbocycles. The van der Waals surface area contributed by atoms with Gasteiger partial charge in [-0.1, -0.05) is 38.1 Å². The normalized spacial score (nSPS) is 17.9. The fourth-order valence-electron chi connectivity index (χ4n) is 3.11. The molecule has 2 aromatic rings. The van der Waals surface area contributed by atoms with Crippen molar-refractivity contribution >= 4 is 17.2 Å². The molecule has 3 rings (SSSR count). The van der Waals surface area contributed by atoms with E-state index in [2.05, 4.69) is 47.5 Å². The molecule has 0 saturated heterocycles. The molecule has 0 N–H and O–H groups in total. The van der Waals surface area contributed by atoms with Crippen LogP contribution in [-0.2, 0) is 11.2 Å². The van der Waals surface area contributed by atoms with Crippen molar-refractivity contribution in [1.82, 2.24) is 4.90 Å². The van der Waals surface area contributed by atoms with Gasteiger partial charge in [0.2, 0.25) is 5.91 Å². The van der Waals surface area contributed by atoms with E-state index >= 15 is 0 Å². The maximum absolute atomic E-state index is 12.7. The summed E-state index contributed by atoms with van der Waals surface area (Å²) in [4.78, 5) is 16.2. The zero-order valence-corrected chi connectivity index (χ0v) is 13.6. The summed E-state index contributed by atoms with van der Waals surface area (Å²) >= 11 is 1.81. The van der Waals surface area contributed by atoms with E-state index in [1.807, 2.05) is 25.2 Å². The first-order chi connectivity index (χ1) is 10.1. The van der Waals surface area contributed by atoms with E-state index < -0.39 is 0 Å². The topological polar surface area (TPSA) is 20.3 Å². The van der Waals surface area contributed by atoms with Crippen LogP contribution in [0.1, 0.15) is 41.5 Å². The lowest BCUT2D eigenvalue weighted by Gasteiger charge is -2.38. The number of carbonyl (C=O) groups excluding carboxylic acids is 1. The second-order valence-electron chi connectivity index (χ2n) is 5.99. The Morgan fingerprint density at radius 2 is 2.00 bits per heavy atom. The molecule has 110 valence electrons. The highest BCUT2D eigenvalue weighted by atomic mass is 32.1. The van der Waals surface area contributed by atoms with Gasteiger partial charge in [0.25, 0.3) is 0 Å². The molecule has 2 nitrogen and oxygen atoms in total. The average Bonchev–Trinajstić information content (AvgIpc) is 2.94. The Bertz CT molecular complexity index is 659. The Kier molecular flexibility index (Phi) is 3.85. The fourth-order valence-corrected chi connectivity index (χ4v) is 4.02. The van der Waals surface area contributed by atoms with Crippen molar-refractivity contribution in [2.24, 2.45) is 5.92 Å². The van der Waals surface area contributed by atoms with Crippen molar-refractivity contribution in [1.29, 1.82) is 0 Å². The number of fused-ring (bicyclic) bond motifs is 1. The van der Waals surface area contributed by atoms with Crippen LogP contribution in [0.25, 0.3) is 0 Å². The van der Waals surface area contributed by atoms with Gasteiger partial charge in [0, 0.05) is 17.3 Å². The number of benzene rings is 1. The van der Waals surface area contributed by atoms with E-state index in [0.717, 1.165) is 13.0 Å². The second-order valence-corrected chi connectivity index (χ2v) is 7.00. The van der Waals surface area contributed by atoms with E-state index in [1.165, 1.54) is 21.6 Å². The summed E-state index contributed by atoms with van der Waals surface area (Å²) in [7, 11) is 0. The number of hydrogen-bond acceptors (Lipinski definition) is 2. The van der Waals surface area contributed by atoms with Crippen LogP contribution in [0.4, 0.5) is 0 Å². The molecule has 1 aliphatic rings. The van der Waals surface area contributed by atoms with Crippen LogP contribution in [0.2, 0.25) is 0 Å². The standard InChI is InChI=1S/C18H21NOS/c1-12(2)18(20)19-10-8-16-15(9-11-21-16)17(19)14-7-5-4-6-13(14)3/h4-7,9,11-12,17H,8,10H2,1-3H3. The highest BCUT2D eigenvalue weighted by Gasteiger charge is 2.34. The molecule has 1 aromatic heterocycles. The quantitative estimate of drug-likeness (QED) is 0.814. The molecule has 0 spiro atoms. The molecular weight excluding hydrogens is 278 g/mol. The number of nitrogens with zero attached hydrogens (tertiary/aromatic N) is 1. The van der Waals surface area contributed by atoms with Crippen LogP contribution in [0, 0.1) is 12.8 Å². The average molecular weight is 299 g/mol. The maximum Gasteiger partial charge on any atom is 0.225 e. The summed E-state index contributed by atoms with van der Waals surface area (Å²) in [5.74, 6) is 0.289. The summed E-state index contributed by atoms with van der Waals surface area (Å²) in [6.07, 6.45) is 0.980. The molecule has 1 aliphatic heterocycles. The van der Waals surface area contributed by atoms with Crippen LogP contribution in [-0.4, -0.2) is 17.4 Å². The first-order valence-corrected chi connectivity index (χ1v) is 8.40. The molecule has 3 heteroatoms. The summed E-state index contributed by atoms with van der Waals surface area (Å²) in [6.45, 7) is 6.93. The van der Waals surface area contributed by atoms with Crippen molar-refractivity contribution in [2.75, 3.05) is 6.54 Å². The molecule has 0 saturated carbocycles. The molecule has 0 bridgehead atoms.